The highest BCUT2D eigenvalue weighted by molar-refractivity contribution is 4.82. The van der Waals surface area contributed by atoms with E-state index in [2.05, 4.69) is 5.32 Å². The highest BCUT2D eigenvalue weighted by Gasteiger charge is 2.24. The van der Waals surface area contributed by atoms with Gasteiger partial charge < -0.3 is 10.4 Å². The third-order valence-electron chi connectivity index (χ3n) is 1.46. The maximum absolute atomic E-state index is 12.4. The second kappa shape index (κ2) is 2.42. The van der Waals surface area contributed by atoms with Gasteiger partial charge in [-0.05, 0) is 13.0 Å². The Morgan fingerprint density at radius 2 is 2.50 bits per heavy atom. The minimum atomic E-state index is -0.833. The summed E-state index contributed by atoms with van der Waals surface area (Å²) in [5.41, 5.74) is 0. The lowest BCUT2D eigenvalue weighted by molar-refractivity contribution is 0.196. The van der Waals surface area contributed by atoms with Gasteiger partial charge in [0, 0.05) is 0 Å². The lowest BCUT2D eigenvalue weighted by Crippen LogP contribution is -2.31. The summed E-state index contributed by atoms with van der Waals surface area (Å²) in [6, 6.07) is -0.296. The van der Waals surface area contributed by atoms with Crippen molar-refractivity contribution < 1.29 is 9.50 Å². The number of nitrogens with one attached hydrogen (secondary N) is 1. The first-order valence-corrected chi connectivity index (χ1v) is 2.83. The summed E-state index contributed by atoms with van der Waals surface area (Å²) in [6.45, 7) is 0.619. The Balaban J connectivity index is 2.30. The van der Waals surface area contributed by atoms with E-state index < -0.39 is 6.17 Å². The average molecular weight is 119 g/mol. The van der Waals surface area contributed by atoms with Gasteiger partial charge >= 0.3 is 0 Å². The molecule has 0 aliphatic carbocycles. The molecule has 8 heavy (non-hydrogen) atoms. The fourth-order valence-electron chi connectivity index (χ4n) is 0.915. The van der Waals surface area contributed by atoms with E-state index in [1.165, 1.54) is 0 Å². The van der Waals surface area contributed by atoms with Gasteiger partial charge in [-0.15, -0.1) is 0 Å². The Labute approximate surface area is 47.7 Å². The highest BCUT2D eigenvalue weighted by Crippen LogP contribution is 2.09. The third kappa shape index (κ3) is 0.980. The summed E-state index contributed by atoms with van der Waals surface area (Å²) in [5, 5.41) is 11.3. The summed E-state index contributed by atoms with van der Waals surface area (Å²) in [6.07, 6.45) is -0.286. The van der Waals surface area contributed by atoms with E-state index in [1.54, 1.807) is 0 Å². The molecule has 0 radical (unpaired) electrons. The van der Waals surface area contributed by atoms with Crippen LogP contribution in [0.2, 0.25) is 0 Å². The molecule has 1 fully saturated rings. The topological polar surface area (TPSA) is 32.3 Å². The van der Waals surface area contributed by atoms with Crippen LogP contribution in [-0.4, -0.2) is 30.5 Å². The van der Waals surface area contributed by atoms with E-state index in [9.17, 15) is 4.39 Å². The standard InChI is InChI=1S/C5H10FNO/c6-4-1-2-7-5(4)3-8/h4-5,7-8H,1-3H2/t4-,5+/m0/s1. The molecule has 1 saturated heterocycles. The Morgan fingerprint density at radius 3 is 2.75 bits per heavy atom. The third-order valence-corrected chi connectivity index (χ3v) is 1.46. The van der Waals surface area contributed by atoms with Gasteiger partial charge in [-0.1, -0.05) is 0 Å². The molecule has 2 N–H and O–H groups in total. The first-order chi connectivity index (χ1) is 3.84. The van der Waals surface area contributed by atoms with E-state index in [4.69, 9.17) is 5.11 Å². The van der Waals surface area contributed by atoms with Crippen LogP contribution >= 0.6 is 0 Å². The van der Waals surface area contributed by atoms with Gasteiger partial charge in [-0.2, -0.15) is 0 Å². The molecule has 0 bridgehead atoms. The van der Waals surface area contributed by atoms with Gasteiger partial charge in [0.1, 0.15) is 6.17 Å². The van der Waals surface area contributed by atoms with Crippen LogP contribution in [0.25, 0.3) is 0 Å². The van der Waals surface area contributed by atoms with Crippen LogP contribution in [-0.2, 0) is 0 Å². The van der Waals surface area contributed by atoms with Crippen molar-refractivity contribution in [1.29, 1.82) is 0 Å². The molecule has 0 aromatic rings. The summed E-state index contributed by atoms with van der Waals surface area (Å²) in [7, 11) is 0. The fraction of sp³-hybridized carbons (Fsp3) is 1.00. The van der Waals surface area contributed by atoms with Gasteiger partial charge in [-0.3, -0.25) is 0 Å². The van der Waals surface area contributed by atoms with Crippen molar-refractivity contribution in [1.82, 2.24) is 5.32 Å². The maximum atomic E-state index is 12.4. The number of halogens is 1. The molecule has 2 nitrogen and oxygen atoms in total. The lowest BCUT2D eigenvalue weighted by atomic mass is 10.2. The van der Waals surface area contributed by atoms with Crippen LogP contribution in [0.4, 0.5) is 4.39 Å². The van der Waals surface area contributed by atoms with Gasteiger partial charge in [-0.25, -0.2) is 4.39 Å². The average Bonchev–Trinajstić information content (AvgIpc) is 2.14. The van der Waals surface area contributed by atoms with E-state index in [-0.39, 0.29) is 12.6 Å². The summed E-state index contributed by atoms with van der Waals surface area (Å²) >= 11 is 0. The molecule has 1 aliphatic heterocycles. The minimum absolute atomic E-state index is 0.0822. The normalized spacial score (nSPS) is 38.2. The van der Waals surface area contributed by atoms with Crippen LogP contribution in [0.1, 0.15) is 6.42 Å². The van der Waals surface area contributed by atoms with Crippen molar-refractivity contribution in [2.24, 2.45) is 0 Å². The molecule has 2 atom stereocenters. The largest absolute Gasteiger partial charge is 0.395 e. The van der Waals surface area contributed by atoms with Crippen molar-refractivity contribution in [2.75, 3.05) is 13.2 Å². The number of rotatable bonds is 1. The fourth-order valence-corrected chi connectivity index (χ4v) is 0.915. The zero-order chi connectivity index (χ0) is 5.98. The van der Waals surface area contributed by atoms with E-state index in [0.717, 1.165) is 0 Å². The Morgan fingerprint density at radius 1 is 1.75 bits per heavy atom. The second-order valence-electron chi connectivity index (χ2n) is 2.05. The van der Waals surface area contributed by atoms with Crippen molar-refractivity contribution in [3.8, 4) is 0 Å². The molecule has 0 aromatic carbocycles. The molecule has 0 spiro atoms. The summed E-state index contributed by atoms with van der Waals surface area (Å²) in [5.74, 6) is 0. The van der Waals surface area contributed by atoms with Crippen molar-refractivity contribution in [3.05, 3.63) is 0 Å². The monoisotopic (exact) mass is 119 g/mol. The smallest absolute Gasteiger partial charge is 0.119 e. The van der Waals surface area contributed by atoms with Gasteiger partial charge in [0.05, 0.1) is 12.6 Å². The predicted octanol–water partition coefficient (Wildman–Crippen LogP) is -0.321. The Kier molecular flexibility index (Phi) is 1.81. The Bertz CT molecular complexity index is 78.8. The molecule has 1 aliphatic rings. The minimum Gasteiger partial charge on any atom is -0.395 e. The number of hydrogen-bond donors (Lipinski definition) is 2. The van der Waals surface area contributed by atoms with Gasteiger partial charge in [0.25, 0.3) is 0 Å². The number of aliphatic hydroxyl groups is 1. The summed E-state index contributed by atoms with van der Waals surface area (Å²) < 4.78 is 12.4. The molecule has 3 heteroatoms. The molecule has 48 valence electrons. The van der Waals surface area contributed by atoms with E-state index in [1.807, 2.05) is 0 Å². The molecule has 0 aromatic heterocycles. The SMILES string of the molecule is OC[C@H]1NCC[C@@H]1F. The zero-order valence-corrected chi connectivity index (χ0v) is 4.60. The number of alkyl halides is 1. The van der Waals surface area contributed by atoms with Crippen molar-refractivity contribution >= 4 is 0 Å². The maximum Gasteiger partial charge on any atom is 0.119 e. The van der Waals surface area contributed by atoms with Gasteiger partial charge in [0.15, 0.2) is 0 Å². The predicted molar refractivity (Wildman–Crippen MR) is 28.4 cm³/mol. The second-order valence-corrected chi connectivity index (χ2v) is 2.05. The van der Waals surface area contributed by atoms with Crippen LogP contribution < -0.4 is 5.32 Å². The first-order valence-electron chi connectivity index (χ1n) is 2.83. The van der Waals surface area contributed by atoms with Crippen LogP contribution in [0, 0.1) is 0 Å². The quantitative estimate of drug-likeness (QED) is 0.495. The summed E-state index contributed by atoms with van der Waals surface area (Å²) in [4.78, 5) is 0. The highest BCUT2D eigenvalue weighted by atomic mass is 19.1. The van der Waals surface area contributed by atoms with Crippen LogP contribution in [0.15, 0.2) is 0 Å². The first kappa shape index (κ1) is 5.98. The molecule has 0 amide bonds. The molecule has 1 heterocycles. The molecule has 0 saturated carbocycles. The lowest BCUT2D eigenvalue weighted by Gasteiger charge is -2.06. The number of hydrogen-bond acceptors (Lipinski definition) is 2. The van der Waals surface area contributed by atoms with Crippen LogP contribution in [0.5, 0.6) is 0 Å². The molecular weight excluding hydrogens is 109 g/mol. The van der Waals surface area contributed by atoms with Gasteiger partial charge in [0.2, 0.25) is 0 Å². The molecule has 1 rings (SSSR count). The van der Waals surface area contributed by atoms with E-state index >= 15 is 0 Å². The number of aliphatic hydroxyl groups excluding tert-OH is 1. The molecular formula is C5H10FNO. The molecule has 0 unspecified atom stereocenters. The van der Waals surface area contributed by atoms with Crippen molar-refractivity contribution in [3.63, 3.8) is 0 Å². The Hall–Kier alpha value is -0.150. The van der Waals surface area contributed by atoms with E-state index in [0.29, 0.717) is 13.0 Å². The van der Waals surface area contributed by atoms with Crippen LogP contribution in [0.3, 0.4) is 0 Å². The zero-order valence-electron chi connectivity index (χ0n) is 4.60. The van der Waals surface area contributed by atoms with Crippen molar-refractivity contribution in [2.45, 2.75) is 18.6 Å².